The molecule has 0 heterocycles. The van der Waals surface area contributed by atoms with Gasteiger partial charge >= 0.3 is 0 Å². The molecule has 0 bridgehead atoms. The van der Waals surface area contributed by atoms with E-state index in [9.17, 15) is 0 Å². The van der Waals surface area contributed by atoms with Gasteiger partial charge < -0.3 is 5.73 Å². The van der Waals surface area contributed by atoms with Gasteiger partial charge in [0.15, 0.2) is 0 Å². The van der Waals surface area contributed by atoms with Crippen molar-refractivity contribution in [2.75, 3.05) is 5.75 Å². The summed E-state index contributed by atoms with van der Waals surface area (Å²) in [5.74, 6) is 2.11. The van der Waals surface area contributed by atoms with Crippen molar-refractivity contribution in [1.29, 1.82) is 0 Å². The van der Waals surface area contributed by atoms with Gasteiger partial charge in [0, 0.05) is 16.7 Å². The molecule has 0 aromatic heterocycles. The van der Waals surface area contributed by atoms with Gasteiger partial charge in [-0.05, 0) is 49.8 Å². The molecule has 1 atom stereocenters. The van der Waals surface area contributed by atoms with Crippen molar-refractivity contribution in [2.24, 2.45) is 11.7 Å². The van der Waals surface area contributed by atoms with E-state index in [1.165, 1.54) is 41.9 Å². The molecule has 3 heteroatoms. The van der Waals surface area contributed by atoms with Gasteiger partial charge in [0.05, 0.1) is 5.02 Å². The lowest BCUT2D eigenvalue weighted by atomic mass is 10.1. The smallest absolute Gasteiger partial charge is 0.0544 e. The van der Waals surface area contributed by atoms with Gasteiger partial charge in [0.1, 0.15) is 0 Å². The summed E-state index contributed by atoms with van der Waals surface area (Å²) >= 11 is 8.25. The number of benzene rings is 1. The average Bonchev–Trinajstić information content (AvgIpc) is 2.80. The van der Waals surface area contributed by atoms with E-state index in [0.717, 1.165) is 17.4 Å². The van der Waals surface area contributed by atoms with Gasteiger partial charge in [-0.2, -0.15) is 0 Å². The minimum absolute atomic E-state index is 0.193. The van der Waals surface area contributed by atoms with E-state index in [-0.39, 0.29) is 6.04 Å². The summed E-state index contributed by atoms with van der Waals surface area (Å²) < 4.78 is 0. The Morgan fingerprint density at radius 1 is 1.39 bits per heavy atom. The fraction of sp³-hybridized carbons (Fsp3) is 0.600. The Morgan fingerprint density at radius 2 is 2.11 bits per heavy atom. The number of hydrogen-bond donors (Lipinski definition) is 1. The van der Waals surface area contributed by atoms with Gasteiger partial charge in [-0.25, -0.2) is 0 Å². The second-order valence-electron chi connectivity index (χ2n) is 5.41. The van der Waals surface area contributed by atoms with E-state index < -0.39 is 0 Å². The lowest BCUT2D eigenvalue weighted by Gasteiger charge is -2.11. The van der Waals surface area contributed by atoms with E-state index in [1.54, 1.807) is 0 Å². The maximum Gasteiger partial charge on any atom is 0.0544 e. The van der Waals surface area contributed by atoms with Crippen LogP contribution in [0.15, 0.2) is 23.1 Å². The quantitative estimate of drug-likeness (QED) is 0.805. The largest absolute Gasteiger partial charge is 0.328 e. The van der Waals surface area contributed by atoms with Crippen LogP contribution < -0.4 is 5.73 Å². The molecule has 2 N–H and O–H groups in total. The maximum atomic E-state index is 6.34. The third-order valence-corrected chi connectivity index (χ3v) is 5.23. The summed E-state index contributed by atoms with van der Waals surface area (Å²) in [5.41, 5.74) is 7.04. The fourth-order valence-corrected chi connectivity index (χ4v) is 4.02. The van der Waals surface area contributed by atoms with E-state index in [0.29, 0.717) is 0 Å². The second kappa shape index (κ2) is 6.83. The number of halogens is 1. The fourth-order valence-electron chi connectivity index (χ4n) is 2.54. The van der Waals surface area contributed by atoms with Crippen LogP contribution in [0.2, 0.25) is 5.02 Å². The van der Waals surface area contributed by atoms with Crippen molar-refractivity contribution >= 4 is 23.4 Å². The first-order valence-corrected chi connectivity index (χ1v) is 8.18. The molecular weight excluding hydrogens is 262 g/mol. The molecule has 0 spiro atoms. The lowest BCUT2D eigenvalue weighted by molar-refractivity contribution is 0.623. The van der Waals surface area contributed by atoms with Gasteiger partial charge in [0.2, 0.25) is 0 Å². The number of thioether (sulfide) groups is 1. The zero-order valence-corrected chi connectivity index (χ0v) is 12.6. The molecule has 0 amide bonds. The van der Waals surface area contributed by atoms with E-state index >= 15 is 0 Å². The van der Waals surface area contributed by atoms with Crippen molar-refractivity contribution in [1.82, 2.24) is 0 Å². The van der Waals surface area contributed by atoms with Crippen molar-refractivity contribution in [3.63, 3.8) is 0 Å². The molecule has 1 aromatic rings. The van der Waals surface area contributed by atoms with Crippen LogP contribution in [0, 0.1) is 5.92 Å². The van der Waals surface area contributed by atoms with Crippen LogP contribution in [0.5, 0.6) is 0 Å². The number of nitrogens with two attached hydrogens (primary N) is 1. The summed E-state index contributed by atoms with van der Waals surface area (Å²) in [7, 11) is 0. The molecule has 1 aliphatic carbocycles. The highest BCUT2D eigenvalue weighted by Gasteiger charge is 2.15. The predicted molar refractivity (Wildman–Crippen MR) is 81.5 cm³/mol. The molecular formula is C15H22ClNS. The minimum atomic E-state index is 0.193. The molecule has 1 saturated carbocycles. The Balaban J connectivity index is 1.92. The Hall–Kier alpha value is -0.180. The standard InChI is InChI=1S/C15H22ClNS/c1-11(17)8-13-6-7-15(14(16)9-13)18-10-12-4-2-3-5-12/h6-7,9,11-12H,2-5,8,10,17H2,1H3. The van der Waals surface area contributed by atoms with Gasteiger partial charge in [-0.15, -0.1) is 11.8 Å². The van der Waals surface area contributed by atoms with Crippen molar-refractivity contribution in [3.8, 4) is 0 Å². The molecule has 1 unspecified atom stereocenters. The first-order chi connectivity index (χ1) is 8.65. The Morgan fingerprint density at radius 3 is 2.72 bits per heavy atom. The summed E-state index contributed by atoms with van der Waals surface area (Å²) in [4.78, 5) is 1.22. The Bertz CT molecular complexity index is 386. The molecule has 18 heavy (non-hydrogen) atoms. The number of hydrogen-bond acceptors (Lipinski definition) is 2. The molecule has 0 saturated heterocycles. The highest BCUT2D eigenvalue weighted by atomic mass is 35.5. The third kappa shape index (κ3) is 4.18. The van der Waals surface area contributed by atoms with E-state index in [2.05, 4.69) is 18.2 Å². The molecule has 0 aliphatic heterocycles. The van der Waals surface area contributed by atoms with Crippen molar-refractivity contribution < 1.29 is 0 Å². The van der Waals surface area contributed by atoms with Crippen molar-refractivity contribution in [2.45, 2.75) is 50.0 Å². The Labute approximate surface area is 119 Å². The number of rotatable bonds is 5. The van der Waals surface area contributed by atoms with Crippen LogP contribution in [0.4, 0.5) is 0 Å². The first-order valence-electron chi connectivity index (χ1n) is 6.82. The molecule has 1 aliphatic rings. The molecule has 100 valence electrons. The van der Waals surface area contributed by atoms with Gasteiger partial charge in [0.25, 0.3) is 0 Å². The SMILES string of the molecule is CC(N)Cc1ccc(SCC2CCCC2)c(Cl)c1. The van der Waals surface area contributed by atoms with Crippen LogP contribution in [0.3, 0.4) is 0 Å². The second-order valence-corrected chi connectivity index (χ2v) is 6.88. The lowest BCUT2D eigenvalue weighted by Crippen LogP contribution is -2.17. The molecule has 1 nitrogen and oxygen atoms in total. The topological polar surface area (TPSA) is 26.0 Å². The summed E-state index contributed by atoms with van der Waals surface area (Å²) in [6.07, 6.45) is 6.51. The van der Waals surface area contributed by atoms with Crippen LogP contribution in [0.25, 0.3) is 0 Å². The highest BCUT2D eigenvalue weighted by molar-refractivity contribution is 7.99. The maximum absolute atomic E-state index is 6.34. The monoisotopic (exact) mass is 283 g/mol. The summed E-state index contributed by atoms with van der Waals surface area (Å²) in [6, 6.07) is 6.58. The van der Waals surface area contributed by atoms with Crippen LogP contribution in [-0.2, 0) is 6.42 Å². The van der Waals surface area contributed by atoms with Crippen LogP contribution in [-0.4, -0.2) is 11.8 Å². The summed E-state index contributed by atoms with van der Waals surface area (Å²) in [5, 5.41) is 0.885. The molecule has 2 rings (SSSR count). The normalized spacial score (nSPS) is 18.2. The molecule has 1 fully saturated rings. The van der Waals surface area contributed by atoms with Crippen molar-refractivity contribution in [3.05, 3.63) is 28.8 Å². The zero-order valence-electron chi connectivity index (χ0n) is 11.0. The van der Waals surface area contributed by atoms with E-state index in [1.807, 2.05) is 18.7 Å². The average molecular weight is 284 g/mol. The summed E-state index contributed by atoms with van der Waals surface area (Å²) in [6.45, 7) is 2.02. The molecule has 0 radical (unpaired) electrons. The molecule has 1 aromatic carbocycles. The third-order valence-electron chi connectivity index (χ3n) is 3.50. The van der Waals surface area contributed by atoms with Crippen LogP contribution in [0.1, 0.15) is 38.2 Å². The van der Waals surface area contributed by atoms with Gasteiger partial charge in [-0.3, -0.25) is 0 Å². The Kier molecular flexibility index (Phi) is 5.40. The van der Waals surface area contributed by atoms with Crippen LogP contribution >= 0.6 is 23.4 Å². The predicted octanol–water partition coefficient (Wildman–Crippen LogP) is 4.51. The minimum Gasteiger partial charge on any atom is -0.328 e. The van der Waals surface area contributed by atoms with E-state index in [4.69, 9.17) is 17.3 Å². The zero-order chi connectivity index (χ0) is 13.0. The first kappa shape index (κ1) is 14.2. The van der Waals surface area contributed by atoms with Gasteiger partial charge in [-0.1, -0.05) is 30.5 Å². The highest BCUT2D eigenvalue weighted by Crippen LogP contribution is 2.34.